The lowest BCUT2D eigenvalue weighted by Crippen LogP contribution is -2.42. The van der Waals surface area contributed by atoms with Crippen molar-refractivity contribution in [3.63, 3.8) is 0 Å². The largest absolute Gasteiger partial charge is 0.460 e. The number of oxime groups is 1. The smallest absolute Gasteiger partial charge is 0.408 e. The third-order valence-electron chi connectivity index (χ3n) is 2.68. The number of rotatable bonds is 6. The van der Waals surface area contributed by atoms with E-state index in [4.69, 9.17) is 26.3 Å². The van der Waals surface area contributed by atoms with Gasteiger partial charge >= 0.3 is 12.1 Å². The van der Waals surface area contributed by atoms with Gasteiger partial charge in [-0.05, 0) is 26.3 Å². The van der Waals surface area contributed by atoms with Gasteiger partial charge in [0, 0.05) is 0 Å². The van der Waals surface area contributed by atoms with Crippen molar-refractivity contribution in [3.8, 4) is 0 Å². The molecule has 0 spiro atoms. The number of halogens is 1. The highest BCUT2D eigenvalue weighted by Crippen LogP contribution is 2.11. The van der Waals surface area contributed by atoms with Gasteiger partial charge in [0.25, 0.3) is 0 Å². The Bertz CT molecular complexity index is 584. The van der Waals surface area contributed by atoms with Crippen molar-refractivity contribution in [3.05, 3.63) is 35.9 Å². The summed E-state index contributed by atoms with van der Waals surface area (Å²) in [7, 11) is 0. The van der Waals surface area contributed by atoms with Crippen molar-refractivity contribution in [2.45, 2.75) is 45.4 Å². The lowest BCUT2D eigenvalue weighted by molar-refractivity contribution is -0.154. The Balaban J connectivity index is 2.59. The molecule has 0 aliphatic heterocycles. The molecule has 0 saturated carbocycles. The third-order valence-corrected chi connectivity index (χ3v) is 3.02. The molecular formula is C16H21ClN2O5. The summed E-state index contributed by atoms with van der Waals surface area (Å²) in [6.45, 7) is 5.19. The summed E-state index contributed by atoms with van der Waals surface area (Å²) in [5.41, 5.74) is 0.122. The van der Waals surface area contributed by atoms with Gasteiger partial charge in [0.15, 0.2) is 5.17 Å². The number of carbonyl (C=O) groups excluding carboxylic acids is 2. The first-order chi connectivity index (χ1) is 11.2. The predicted molar refractivity (Wildman–Crippen MR) is 89.1 cm³/mol. The number of nitrogens with zero attached hydrogens (tertiary/aromatic N) is 1. The van der Waals surface area contributed by atoms with Gasteiger partial charge in [-0.3, -0.25) is 4.79 Å². The summed E-state index contributed by atoms with van der Waals surface area (Å²) >= 11 is 5.73. The van der Waals surface area contributed by atoms with Crippen LogP contribution in [0.2, 0.25) is 0 Å². The maximum atomic E-state index is 11.8. The summed E-state index contributed by atoms with van der Waals surface area (Å²) in [5.74, 6) is -0.599. The van der Waals surface area contributed by atoms with Crippen molar-refractivity contribution < 1.29 is 24.3 Å². The maximum absolute atomic E-state index is 11.8. The first kappa shape index (κ1) is 19.8. The number of esters is 1. The average molecular weight is 357 g/mol. The molecule has 132 valence electrons. The van der Waals surface area contributed by atoms with Crippen molar-refractivity contribution in [2.24, 2.45) is 5.16 Å². The minimum absolute atomic E-state index is 0.0553. The van der Waals surface area contributed by atoms with Gasteiger partial charge in [0.2, 0.25) is 0 Å². The van der Waals surface area contributed by atoms with Gasteiger partial charge in [-0.2, -0.15) is 0 Å². The Kier molecular flexibility index (Phi) is 7.51. The van der Waals surface area contributed by atoms with E-state index in [1.807, 2.05) is 18.2 Å². The molecule has 0 unspecified atom stereocenters. The monoisotopic (exact) mass is 356 g/mol. The van der Waals surface area contributed by atoms with E-state index in [2.05, 4.69) is 10.5 Å². The second-order valence-electron chi connectivity index (χ2n) is 5.97. The molecule has 1 rings (SSSR count). The molecule has 24 heavy (non-hydrogen) atoms. The number of ether oxygens (including phenoxy) is 2. The molecule has 1 atom stereocenters. The van der Waals surface area contributed by atoms with E-state index in [-0.39, 0.29) is 18.2 Å². The van der Waals surface area contributed by atoms with Crippen molar-refractivity contribution >= 4 is 28.8 Å². The number of hydrogen-bond acceptors (Lipinski definition) is 6. The summed E-state index contributed by atoms with van der Waals surface area (Å²) in [5, 5.41) is 13.6. The fourth-order valence-electron chi connectivity index (χ4n) is 1.72. The Labute approximate surface area is 145 Å². The van der Waals surface area contributed by atoms with Gasteiger partial charge in [0.05, 0.1) is 12.5 Å². The van der Waals surface area contributed by atoms with Crippen LogP contribution in [0, 0.1) is 0 Å². The third kappa shape index (κ3) is 7.82. The van der Waals surface area contributed by atoms with Crippen LogP contribution in [0.5, 0.6) is 0 Å². The van der Waals surface area contributed by atoms with E-state index in [1.165, 1.54) is 0 Å². The molecule has 0 heterocycles. The van der Waals surface area contributed by atoms with Crippen LogP contribution in [-0.4, -0.2) is 34.1 Å². The highest BCUT2D eigenvalue weighted by Gasteiger charge is 2.25. The topological polar surface area (TPSA) is 97.2 Å². The number of nitrogens with one attached hydrogen (secondary N) is 1. The Morgan fingerprint density at radius 3 is 2.46 bits per heavy atom. The molecule has 0 aliphatic rings. The molecule has 1 aromatic rings. The highest BCUT2D eigenvalue weighted by atomic mass is 35.5. The summed E-state index contributed by atoms with van der Waals surface area (Å²) in [6, 6.07) is 8.03. The molecular weight excluding hydrogens is 336 g/mol. The van der Waals surface area contributed by atoms with Crippen LogP contribution in [0.3, 0.4) is 0 Å². The quantitative estimate of drug-likeness (QED) is 0.353. The molecule has 0 aliphatic carbocycles. The van der Waals surface area contributed by atoms with E-state index < -0.39 is 23.7 Å². The number of carbonyl (C=O) groups is 2. The van der Waals surface area contributed by atoms with Gasteiger partial charge in [0.1, 0.15) is 12.2 Å². The zero-order chi connectivity index (χ0) is 18.2. The van der Waals surface area contributed by atoms with E-state index in [9.17, 15) is 9.59 Å². The average Bonchev–Trinajstić information content (AvgIpc) is 2.50. The summed E-state index contributed by atoms with van der Waals surface area (Å²) in [6.07, 6.45) is -1.09. The second kappa shape index (κ2) is 9.12. The van der Waals surface area contributed by atoms with Crippen molar-refractivity contribution in [1.82, 2.24) is 5.32 Å². The molecule has 0 saturated heterocycles. The van der Waals surface area contributed by atoms with Crippen LogP contribution >= 0.6 is 11.6 Å². The van der Waals surface area contributed by atoms with Crippen LogP contribution in [0.4, 0.5) is 4.79 Å². The summed E-state index contributed by atoms with van der Waals surface area (Å²) in [4.78, 5) is 23.7. The van der Waals surface area contributed by atoms with E-state index in [0.717, 1.165) is 5.56 Å². The molecule has 0 fully saturated rings. The van der Waals surface area contributed by atoms with Crippen molar-refractivity contribution in [1.29, 1.82) is 0 Å². The van der Waals surface area contributed by atoms with Gasteiger partial charge in [-0.25, -0.2) is 4.79 Å². The lowest BCUT2D eigenvalue weighted by Gasteiger charge is -2.22. The maximum Gasteiger partial charge on any atom is 0.408 e. The molecule has 0 aromatic heterocycles. The fraction of sp³-hybridized carbons (Fsp3) is 0.438. The molecule has 0 bridgehead atoms. The van der Waals surface area contributed by atoms with Crippen molar-refractivity contribution in [2.75, 3.05) is 0 Å². The van der Waals surface area contributed by atoms with Crippen LogP contribution in [0.1, 0.15) is 32.8 Å². The van der Waals surface area contributed by atoms with Crippen LogP contribution in [-0.2, 0) is 20.9 Å². The normalized spacial score (nSPS) is 13.1. The zero-order valence-electron chi connectivity index (χ0n) is 13.8. The van der Waals surface area contributed by atoms with Gasteiger partial charge in [-0.15, -0.1) is 0 Å². The minimum Gasteiger partial charge on any atom is -0.460 e. The number of amides is 1. The molecule has 1 aromatic carbocycles. The van der Waals surface area contributed by atoms with E-state index in [0.29, 0.717) is 0 Å². The molecule has 0 radical (unpaired) electrons. The molecule has 7 nitrogen and oxygen atoms in total. The first-order valence-corrected chi connectivity index (χ1v) is 7.65. The molecule has 8 heteroatoms. The van der Waals surface area contributed by atoms with Gasteiger partial charge < -0.3 is 20.0 Å². The number of hydrogen-bond donors (Lipinski definition) is 2. The van der Waals surface area contributed by atoms with Crippen LogP contribution in [0.25, 0.3) is 0 Å². The predicted octanol–water partition coefficient (Wildman–Crippen LogP) is 3.04. The standard InChI is InChI=1S/C16H21ClN2O5/c1-16(2,3)24-13(20)9-12(14(17)19-22)18-15(21)23-10-11-7-5-4-6-8-11/h4-8,12,22H,9-10H2,1-3H3,(H,18,21)/t12-/m0/s1. The molecule has 1 amide bonds. The van der Waals surface area contributed by atoms with Crippen LogP contribution in [0.15, 0.2) is 35.5 Å². The van der Waals surface area contributed by atoms with E-state index >= 15 is 0 Å². The lowest BCUT2D eigenvalue weighted by atomic mass is 10.2. The SMILES string of the molecule is CC(C)(C)OC(=O)C[C@H](NC(=O)OCc1ccccc1)C(Cl)=NO. The zero-order valence-corrected chi connectivity index (χ0v) is 14.5. The Morgan fingerprint density at radius 1 is 1.29 bits per heavy atom. The summed E-state index contributed by atoms with van der Waals surface area (Å²) < 4.78 is 10.2. The minimum atomic E-state index is -1.05. The Hall–Kier alpha value is -2.28. The number of alkyl carbamates (subject to hydrolysis) is 1. The van der Waals surface area contributed by atoms with Gasteiger partial charge in [-0.1, -0.05) is 47.1 Å². The fourth-order valence-corrected chi connectivity index (χ4v) is 1.85. The first-order valence-electron chi connectivity index (χ1n) is 7.28. The van der Waals surface area contributed by atoms with Crippen LogP contribution < -0.4 is 5.32 Å². The molecule has 2 N–H and O–H groups in total. The van der Waals surface area contributed by atoms with E-state index in [1.54, 1.807) is 32.9 Å². The highest BCUT2D eigenvalue weighted by molar-refractivity contribution is 6.66. The number of benzene rings is 1. The Morgan fingerprint density at radius 2 is 1.92 bits per heavy atom. The second-order valence-corrected chi connectivity index (χ2v) is 6.36.